The number of amides is 2. The highest BCUT2D eigenvalue weighted by molar-refractivity contribution is 5.98. The fraction of sp³-hybridized carbons (Fsp3) is 0.375. The largest absolute Gasteiger partial charge is 0.354 e. The quantitative estimate of drug-likeness (QED) is 0.894. The third-order valence-electron chi connectivity index (χ3n) is 3.97. The zero-order valence-corrected chi connectivity index (χ0v) is 13.2. The predicted molar refractivity (Wildman–Crippen MR) is 84.2 cm³/mol. The molecule has 0 bridgehead atoms. The smallest absolute Gasteiger partial charge is 0.256 e. The zero-order chi connectivity index (χ0) is 16.4. The van der Waals surface area contributed by atoms with Gasteiger partial charge in [-0.3, -0.25) is 9.59 Å². The Bertz CT molecular complexity index is 726. The lowest BCUT2D eigenvalue weighted by Gasteiger charge is -2.27. The Morgan fingerprint density at radius 3 is 2.78 bits per heavy atom. The SMILES string of the molecule is Cc1ccc(-n2nccn2)c(C(=O)N2CCNC(=O)C[C@@H]2C)c1. The Morgan fingerprint density at radius 1 is 1.30 bits per heavy atom. The average Bonchev–Trinajstić information content (AvgIpc) is 2.99. The molecule has 1 aromatic carbocycles. The van der Waals surface area contributed by atoms with Crippen LogP contribution in [0.3, 0.4) is 0 Å². The van der Waals surface area contributed by atoms with Gasteiger partial charge in [0.2, 0.25) is 5.91 Å². The maximum absolute atomic E-state index is 13.1. The molecule has 0 aliphatic carbocycles. The Kier molecular flexibility index (Phi) is 4.10. The van der Waals surface area contributed by atoms with Gasteiger partial charge in [0.25, 0.3) is 5.91 Å². The van der Waals surface area contributed by atoms with Gasteiger partial charge in [-0.05, 0) is 26.0 Å². The molecule has 1 atom stereocenters. The number of hydrogen-bond donors (Lipinski definition) is 1. The van der Waals surface area contributed by atoms with E-state index in [1.54, 1.807) is 17.3 Å². The summed E-state index contributed by atoms with van der Waals surface area (Å²) in [5.41, 5.74) is 2.17. The van der Waals surface area contributed by atoms with Crippen LogP contribution in [0.2, 0.25) is 0 Å². The van der Waals surface area contributed by atoms with E-state index in [1.165, 1.54) is 4.80 Å². The molecule has 1 aromatic heterocycles. The van der Waals surface area contributed by atoms with Crippen molar-refractivity contribution >= 4 is 11.8 Å². The van der Waals surface area contributed by atoms with Crippen molar-refractivity contribution in [3.63, 3.8) is 0 Å². The molecule has 0 saturated carbocycles. The summed E-state index contributed by atoms with van der Waals surface area (Å²) in [6.45, 7) is 4.79. The van der Waals surface area contributed by atoms with Crippen molar-refractivity contribution in [2.45, 2.75) is 26.3 Å². The Balaban J connectivity index is 1.98. The van der Waals surface area contributed by atoms with Crippen molar-refractivity contribution in [1.82, 2.24) is 25.2 Å². The van der Waals surface area contributed by atoms with Crippen molar-refractivity contribution < 1.29 is 9.59 Å². The summed E-state index contributed by atoms with van der Waals surface area (Å²) in [4.78, 5) is 27.9. The molecule has 1 fully saturated rings. The van der Waals surface area contributed by atoms with Gasteiger partial charge in [0.05, 0.1) is 23.6 Å². The topological polar surface area (TPSA) is 80.1 Å². The predicted octanol–water partition coefficient (Wildman–Crippen LogP) is 0.926. The molecule has 0 unspecified atom stereocenters. The van der Waals surface area contributed by atoms with Crippen LogP contribution in [0.4, 0.5) is 0 Å². The maximum Gasteiger partial charge on any atom is 0.256 e. The molecular formula is C16H19N5O2. The van der Waals surface area contributed by atoms with E-state index in [0.717, 1.165) is 5.56 Å². The van der Waals surface area contributed by atoms with Crippen molar-refractivity contribution in [3.8, 4) is 5.69 Å². The van der Waals surface area contributed by atoms with Gasteiger partial charge < -0.3 is 10.2 Å². The summed E-state index contributed by atoms with van der Waals surface area (Å²) in [6, 6.07) is 5.46. The molecule has 2 aromatic rings. The summed E-state index contributed by atoms with van der Waals surface area (Å²) >= 11 is 0. The standard InChI is InChI=1S/C16H19N5O2/c1-11-3-4-14(21-18-5-6-19-21)13(9-11)16(23)20-8-7-17-15(22)10-12(20)2/h3-6,9,12H,7-8,10H2,1-2H3,(H,17,22)/t12-/m0/s1. The fourth-order valence-corrected chi connectivity index (χ4v) is 2.78. The van der Waals surface area contributed by atoms with E-state index in [0.29, 0.717) is 30.8 Å². The van der Waals surface area contributed by atoms with E-state index in [2.05, 4.69) is 15.5 Å². The maximum atomic E-state index is 13.1. The normalized spacial score (nSPS) is 18.4. The summed E-state index contributed by atoms with van der Waals surface area (Å²) in [7, 11) is 0. The number of aromatic nitrogens is 3. The Hall–Kier alpha value is -2.70. The minimum atomic E-state index is -0.149. The molecule has 23 heavy (non-hydrogen) atoms. The number of carbonyl (C=O) groups excluding carboxylic acids is 2. The van der Waals surface area contributed by atoms with Crippen LogP contribution >= 0.6 is 0 Å². The van der Waals surface area contributed by atoms with Gasteiger partial charge in [-0.1, -0.05) is 11.6 Å². The van der Waals surface area contributed by atoms with Crippen molar-refractivity contribution in [2.24, 2.45) is 0 Å². The zero-order valence-electron chi connectivity index (χ0n) is 13.2. The number of rotatable bonds is 2. The number of hydrogen-bond acceptors (Lipinski definition) is 4. The first-order valence-electron chi connectivity index (χ1n) is 7.61. The first kappa shape index (κ1) is 15.2. The van der Waals surface area contributed by atoms with Crippen LogP contribution in [0.5, 0.6) is 0 Å². The van der Waals surface area contributed by atoms with Crippen LogP contribution in [-0.4, -0.2) is 50.8 Å². The summed E-state index contributed by atoms with van der Waals surface area (Å²) in [5.74, 6) is -0.129. The first-order valence-corrected chi connectivity index (χ1v) is 7.61. The van der Waals surface area contributed by atoms with Gasteiger partial charge in [-0.25, -0.2) is 0 Å². The van der Waals surface area contributed by atoms with Crippen LogP contribution in [0.15, 0.2) is 30.6 Å². The second-order valence-corrected chi connectivity index (χ2v) is 5.74. The molecule has 1 aliphatic heterocycles. The minimum Gasteiger partial charge on any atom is -0.354 e. The number of nitrogens with one attached hydrogen (secondary N) is 1. The van der Waals surface area contributed by atoms with Crippen molar-refractivity contribution in [3.05, 3.63) is 41.7 Å². The van der Waals surface area contributed by atoms with Crippen LogP contribution in [0, 0.1) is 6.92 Å². The van der Waals surface area contributed by atoms with E-state index >= 15 is 0 Å². The lowest BCUT2D eigenvalue weighted by atomic mass is 10.1. The lowest BCUT2D eigenvalue weighted by molar-refractivity contribution is -0.121. The second-order valence-electron chi connectivity index (χ2n) is 5.74. The van der Waals surface area contributed by atoms with Crippen LogP contribution < -0.4 is 5.32 Å². The molecule has 0 radical (unpaired) electrons. The third-order valence-corrected chi connectivity index (χ3v) is 3.97. The molecule has 0 spiro atoms. The molecule has 1 saturated heterocycles. The first-order chi connectivity index (χ1) is 11.1. The van der Waals surface area contributed by atoms with Gasteiger partial charge in [0.15, 0.2) is 0 Å². The highest BCUT2D eigenvalue weighted by Crippen LogP contribution is 2.20. The van der Waals surface area contributed by atoms with Crippen molar-refractivity contribution in [2.75, 3.05) is 13.1 Å². The van der Waals surface area contributed by atoms with Gasteiger partial charge in [-0.2, -0.15) is 15.0 Å². The van der Waals surface area contributed by atoms with E-state index in [4.69, 9.17) is 0 Å². The molecule has 7 heteroatoms. The van der Waals surface area contributed by atoms with Gasteiger partial charge in [0.1, 0.15) is 0 Å². The number of aryl methyl sites for hydroxylation is 1. The fourth-order valence-electron chi connectivity index (χ4n) is 2.78. The van der Waals surface area contributed by atoms with Crippen LogP contribution in [0.25, 0.3) is 5.69 Å². The second kappa shape index (κ2) is 6.20. The van der Waals surface area contributed by atoms with Gasteiger partial charge in [-0.15, -0.1) is 0 Å². The molecule has 7 nitrogen and oxygen atoms in total. The average molecular weight is 313 g/mol. The molecular weight excluding hydrogens is 294 g/mol. The minimum absolute atomic E-state index is 0.0222. The van der Waals surface area contributed by atoms with Crippen LogP contribution in [0.1, 0.15) is 29.3 Å². The molecule has 3 rings (SSSR count). The number of benzene rings is 1. The van der Waals surface area contributed by atoms with Gasteiger partial charge >= 0.3 is 0 Å². The summed E-state index contributed by atoms with van der Waals surface area (Å²) in [6.07, 6.45) is 3.46. The summed E-state index contributed by atoms with van der Waals surface area (Å²) < 4.78 is 0. The third kappa shape index (κ3) is 3.08. The molecule has 1 aliphatic rings. The highest BCUT2D eigenvalue weighted by Gasteiger charge is 2.28. The Morgan fingerprint density at radius 2 is 2.04 bits per heavy atom. The molecule has 2 amide bonds. The van der Waals surface area contributed by atoms with E-state index in [9.17, 15) is 9.59 Å². The van der Waals surface area contributed by atoms with Crippen molar-refractivity contribution in [1.29, 1.82) is 0 Å². The van der Waals surface area contributed by atoms with E-state index in [1.807, 2.05) is 32.0 Å². The van der Waals surface area contributed by atoms with E-state index in [-0.39, 0.29) is 17.9 Å². The molecule has 2 heterocycles. The number of nitrogens with zero attached hydrogens (tertiary/aromatic N) is 4. The molecule has 120 valence electrons. The monoisotopic (exact) mass is 313 g/mol. The lowest BCUT2D eigenvalue weighted by Crippen LogP contribution is -2.40. The summed E-state index contributed by atoms with van der Waals surface area (Å²) in [5, 5.41) is 11.0. The highest BCUT2D eigenvalue weighted by atomic mass is 16.2. The van der Waals surface area contributed by atoms with Gasteiger partial charge in [0, 0.05) is 25.6 Å². The molecule has 1 N–H and O–H groups in total. The van der Waals surface area contributed by atoms with Crippen LogP contribution in [-0.2, 0) is 4.79 Å². The number of carbonyl (C=O) groups is 2. The van der Waals surface area contributed by atoms with E-state index < -0.39 is 0 Å². The Labute approximate surface area is 134 Å².